The predicted molar refractivity (Wildman–Crippen MR) is 69.3 cm³/mol. The minimum atomic E-state index is -0.312. The molecule has 1 aromatic rings. The van der Waals surface area contributed by atoms with Crippen LogP contribution in [0.1, 0.15) is 6.42 Å². The molecule has 90 valence electrons. The first-order valence-electron chi connectivity index (χ1n) is 5.43. The molecule has 0 aromatic heterocycles. The molecular formula is C12H19ClN2O. The Morgan fingerprint density at radius 2 is 2.00 bits per heavy atom. The van der Waals surface area contributed by atoms with E-state index in [9.17, 15) is 5.11 Å². The van der Waals surface area contributed by atoms with Gasteiger partial charge >= 0.3 is 0 Å². The first-order chi connectivity index (χ1) is 7.63. The number of likely N-dealkylation sites (N-methyl/N-ethyl adjacent to an activating group) is 1. The van der Waals surface area contributed by atoms with Gasteiger partial charge in [-0.1, -0.05) is 11.6 Å². The maximum Gasteiger partial charge on any atom is 0.0727 e. The van der Waals surface area contributed by atoms with Crippen LogP contribution in [-0.4, -0.2) is 38.4 Å². The summed E-state index contributed by atoms with van der Waals surface area (Å²) in [6, 6.07) is 7.61. The van der Waals surface area contributed by atoms with Gasteiger partial charge in [0.05, 0.1) is 6.10 Å². The summed E-state index contributed by atoms with van der Waals surface area (Å²) >= 11 is 5.81. The third-order valence-electron chi connectivity index (χ3n) is 2.48. The van der Waals surface area contributed by atoms with E-state index in [1.54, 1.807) is 0 Å². The van der Waals surface area contributed by atoms with Crippen molar-refractivity contribution in [1.82, 2.24) is 5.32 Å². The SMILES string of the molecule is CNCCC(O)CN(C)c1ccc(Cl)cc1. The molecule has 1 atom stereocenters. The molecule has 0 aliphatic rings. The van der Waals surface area contributed by atoms with Crippen LogP contribution in [0.2, 0.25) is 5.02 Å². The maximum absolute atomic E-state index is 9.76. The number of hydrogen-bond donors (Lipinski definition) is 2. The zero-order valence-electron chi connectivity index (χ0n) is 9.78. The Morgan fingerprint density at radius 1 is 1.38 bits per heavy atom. The number of aliphatic hydroxyl groups excluding tert-OH is 1. The topological polar surface area (TPSA) is 35.5 Å². The van der Waals surface area contributed by atoms with Crippen molar-refractivity contribution in [1.29, 1.82) is 0 Å². The maximum atomic E-state index is 9.76. The smallest absolute Gasteiger partial charge is 0.0727 e. The molecule has 0 aliphatic heterocycles. The van der Waals surface area contributed by atoms with Gasteiger partial charge in [0, 0.05) is 24.3 Å². The second-order valence-electron chi connectivity index (χ2n) is 3.90. The normalized spacial score (nSPS) is 12.5. The molecule has 0 saturated heterocycles. The van der Waals surface area contributed by atoms with Crippen molar-refractivity contribution in [3.05, 3.63) is 29.3 Å². The third-order valence-corrected chi connectivity index (χ3v) is 2.73. The van der Waals surface area contributed by atoms with Gasteiger partial charge in [-0.15, -0.1) is 0 Å². The summed E-state index contributed by atoms with van der Waals surface area (Å²) in [7, 11) is 3.85. The van der Waals surface area contributed by atoms with E-state index in [2.05, 4.69) is 5.32 Å². The van der Waals surface area contributed by atoms with Gasteiger partial charge in [-0.05, 0) is 44.3 Å². The van der Waals surface area contributed by atoms with E-state index in [0.717, 1.165) is 23.7 Å². The molecule has 1 aromatic carbocycles. The summed E-state index contributed by atoms with van der Waals surface area (Å²) in [6.07, 6.45) is 0.446. The third kappa shape index (κ3) is 4.39. The lowest BCUT2D eigenvalue weighted by Crippen LogP contribution is -2.30. The van der Waals surface area contributed by atoms with E-state index >= 15 is 0 Å². The molecule has 3 nitrogen and oxygen atoms in total. The molecule has 1 unspecified atom stereocenters. The Hall–Kier alpha value is -0.770. The van der Waals surface area contributed by atoms with Crippen LogP contribution in [0.3, 0.4) is 0 Å². The van der Waals surface area contributed by atoms with Gasteiger partial charge in [-0.2, -0.15) is 0 Å². The number of anilines is 1. The van der Waals surface area contributed by atoms with Crippen LogP contribution < -0.4 is 10.2 Å². The average molecular weight is 243 g/mol. The highest BCUT2D eigenvalue weighted by Gasteiger charge is 2.08. The number of nitrogens with one attached hydrogen (secondary N) is 1. The lowest BCUT2D eigenvalue weighted by Gasteiger charge is -2.22. The Balaban J connectivity index is 2.45. The van der Waals surface area contributed by atoms with Gasteiger partial charge in [0.15, 0.2) is 0 Å². The molecule has 0 saturated carbocycles. The highest BCUT2D eigenvalue weighted by atomic mass is 35.5. The highest BCUT2D eigenvalue weighted by molar-refractivity contribution is 6.30. The molecule has 0 bridgehead atoms. The van der Waals surface area contributed by atoms with Gasteiger partial charge in [-0.25, -0.2) is 0 Å². The Labute approximate surface area is 102 Å². The van der Waals surface area contributed by atoms with Crippen molar-refractivity contribution in [3.8, 4) is 0 Å². The van der Waals surface area contributed by atoms with Gasteiger partial charge < -0.3 is 15.3 Å². The first kappa shape index (κ1) is 13.3. The zero-order valence-corrected chi connectivity index (χ0v) is 10.5. The van der Waals surface area contributed by atoms with Gasteiger partial charge in [-0.3, -0.25) is 0 Å². The van der Waals surface area contributed by atoms with Crippen molar-refractivity contribution >= 4 is 17.3 Å². The number of nitrogens with zero attached hydrogens (tertiary/aromatic N) is 1. The molecular weight excluding hydrogens is 224 g/mol. The fraction of sp³-hybridized carbons (Fsp3) is 0.500. The van der Waals surface area contributed by atoms with Crippen LogP contribution in [0.25, 0.3) is 0 Å². The quantitative estimate of drug-likeness (QED) is 0.798. The van der Waals surface area contributed by atoms with E-state index in [1.165, 1.54) is 0 Å². The van der Waals surface area contributed by atoms with Crippen LogP contribution in [0, 0.1) is 0 Å². The van der Waals surface area contributed by atoms with Crippen molar-refractivity contribution in [2.45, 2.75) is 12.5 Å². The van der Waals surface area contributed by atoms with Crippen molar-refractivity contribution in [3.63, 3.8) is 0 Å². The monoisotopic (exact) mass is 242 g/mol. The molecule has 16 heavy (non-hydrogen) atoms. The largest absolute Gasteiger partial charge is 0.391 e. The van der Waals surface area contributed by atoms with E-state index in [1.807, 2.05) is 43.3 Å². The molecule has 1 rings (SSSR count). The predicted octanol–water partition coefficient (Wildman–Crippen LogP) is 1.75. The zero-order chi connectivity index (χ0) is 12.0. The molecule has 0 aliphatic carbocycles. The van der Waals surface area contributed by atoms with E-state index in [4.69, 9.17) is 11.6 Å². The van der Waals surface area contributed by atoms with Gasteiger partial charge in [0.2, 0.25) is 0 Å². The van der Waals surface area contributed by atoms with Crippen LogP contribution in [0.15, 0.2) is 24.3 Å². The summed E-state index contributed by atoms with van der Waals surface area (Å²) in [5.74, 6) is 0. The molecule has 0 radical (unpaired) electrons. The first-order valence-corrected chi connectivity index (χ1v) is 5.80. The summed E-state index contributed by atoms with van der Waals surface area (Å²) in [6.45, 7) is 1.46. The number of hydrogen-bond acceptors (Lipinski definition) is 3. The lowest BCUT2D eigenvalue weighted by atomic mass is 10.2. The van der Waals surface area contributed by atoms with Crippen LogP contribution >= 0.6 is 11.6 Å². The number of rotatable bonds is 6. The summed E-state index contributed by atoms with van der Waals surface area (Å²) in [5, 5.41) is 13.5. The number of halogens is 1. The summed E-state index contributed by atoms with van der Waals surface area (Å²) < 4.78 is 0. The van der Waals surface area contributed by atoms with Crippen molar-refractivity contribution in [2.75, 3.05) is 32.1 Å². The van der Waals surface area contributed by atoms with Crippen LogP contribution in [0.4, 0.5) is 5.69 Å². The fourth-order valence-corrected chi connectivity index (χ4v) is 1.65. The van der Waals surface area contributed by atoms with Gasteiger partial charge in [0.25, 0.3) is 0 Å². The highest BCUT2D eigenvalue weighted by Crippen LogP contribution is 2.17. The van der Waals surface area contributed by atoms with Crippen molar-refractivity contribution in [2.24, 2.45) is 0 Å². The molecule has 2 N–H and O–H groups in total. The molecule has 0 heterocycles. The van der Waals surface area contributed by atoms with Gasteiger partial charge in [0.1, 0.15) is 0 Å². The minimum absolute atomic E-state index is 0.312. The average Bonchev–Trinajstić information content (AvgIpc) is 2.27. The standard InChI is InChI=1S/C12H19ClN2O/c1-14-8-7-12(16)9-15(2)11-5-3-10(13)4-6-11/h3-6,12,14,16H,7-9H2,1-2H3. The Bertz CT molecular complexity index is 302. The lowest BCUT2D eigenvalue weighted by molar-refractivity contribution is 0.171. The second-order valence-corrected chi connectivity index (χ2v) is 4.34. The molecule has 0 amide bonds. The Morgan fingerprint density at radius 3 is 2.56 bits per heavy atom. The molecule has 4 heteroatoms. The van der Waals surface area contributed by atoms with E-state index < -0.39 is 0 Å². The minimum Gasteiger partial charge on any atom is -0.391 e. The van der Waals surface area contributed by atoms with E-state index in [0.29, 0.717) is 6.54 Å². The molecule has 0 spiro atoms. The summed E-state index contributed by atoms with van der Waals surface area (Å²) in [4.78, 5) is 2.02. The summed E-state index contributed by atoms with van der Waals surface area (Å²) in [5.41, 5.74) is 1.06. The van der Waals surface area contributed by atoms with Crippen LogP contribution in [0.5, 0.6) is 0 Å². The van der Waals surface area contributed by atoms with E-state index in [-0.39, 0.29) is 6.10 Å². The van der Waals surface area contributed by atoms with Crippen LogP contribution in [-0.2, 0) is 0 Å². The second kappa shape index (κ2) is 6.74. The number of benzene rings is 1. The fourth-order valence-electron chi connectivity index (χ4n) is 1.52. The molecule has 0 fully saturated rings. The Kier molecular flexibility index (Phi) is 5.60. The van der Waals surface area contributed by atoms with Crippen molar-refractivity contribution < 1.29 is 5.11 Å². The number of aliphatic hydroxyl groups is 1.